The highest BCUT2D eigenvalue weighted by Gasteiger charge is 2.29. The molecule has 1 atom stereocenters. The zero-order valence-corrected chi connectivity index (χ0v) is 25.4. The van der Waals surface area contributed by atoms with Crippen LogP contribution in [0.3, 0.4) is 0 Å². The fourth-order valence-corrected chi connectivity index (χ4v) is 4.78. The topological polar surface area (TPSA) is 135 Å². The summed E-state index contributed by atoms with van der Waals surface area (Å²) in [6, 6.07) is 8.16. The first-order valence-corrected chi connectivity index (χ1v) is 13.5. The minimum Gasteiger partial charge on any atom is -0.496 e. The quantitative estimate of drug-likeness (QED) is 0.130. The van der Waals surface area contributed by atoms with Crippen LogP contribution in [0.25, 0.3) is 11.0 Å². The van der Waals surface area contributed by atoms with Gasteiger partial charge in [-0.3, -0.25) is 14.4 Å². The number of ketones is 1. The Kier molecular flexibility index (Phi) is 9.30. The number of rotatable bonds is 11. The number of carbonyl (C=O) groups excluding carboxylic acids is 3. The van der Waals surface area contributed by atoms with Gasteiger partial charge in [-0.2, -0.15) is 0 Å². The Morgan fingerprint density at radius 3 is 2.47 bits per heavy atom. The van der Waals surface area contributed by atoms with Gasteiger partial charge in [0.25, 0.3) is 0 Å². The fourth-order valence-electron chi connectivity index (χ4n) is 4.33. The molecule has 11 nitrogen and oxygen atoms in total. The first-order chi connectivity index (χ1) is 20.5. The number of halogens is 1. The average molecular weight is 608 g/mol. The van der Waals surface area contributed by atoms with E-state index < -0.39 is 17.5 Å². The molecule has 0 fully saturated rings. The molecule has 2 amide bonds. The van der Waals surface area contributed by atoms with E-state index in [0.717, 1.165) is 6.08 Å². The molecule has 13 heteroatoms. The van der Waals surface area contributed by atoms with Gasteiger partial charge in [-0.05, 0) is 29.8 Å². The second-order valence-electron chi connectivity index (χ2n) is 9.50. The Morgan fingerprint density at radius 1 is 1.12 bits per heavy atom. The van der Waals surface area contributed by atoms with Gasteiger partial charge in [0.1, 0.15) is 11.6 Å². The highest BCUT2D eigenvalue weighted by molar-refractivity contribution is 7.28. The number of hydrogen-bond acceptors (Lipinski definition) is 9. The van der Waals surface area contributed by atoms with Crippen LogP contribution in [0.1, 0.15) is 21.7 Å². The second kappa shape index (κ2) is 12.9. The lowest BCUT2D eigenvalue weighted by Crippen LogP contribution is -2.23. The zero-order valence-electron chi connectivity index (χ0n) is 24.3. The van der Waals surface area contributed by atoms with Crippen LogP contribution in [0, 0.1) is 5.82 Å². The minimum atomic E-state index is -0.855. The number of hydrogen-bond donors (Lipinski definition) is 3. The molecule has 1 unspecified atom stereocenters. The Hall–Kier alpha value is -4.96. The molecule has 0 aliphatic rings. The SMILES string of the molecule is C=CC(=O)Nc1cc(CC(=O)N(C)C)ccc1Nc1cc2c(NC)c(C(=O)c3c(F)c(OC)cc(OC)c3P)oc2cn1. The van der Waals surface area contributed by atoms with Crippen LogP contribution in [0.5, 0.6) is 11.5 Å². The number of aromatic nitrogens is 1. The van der Waals surface area contributed by atoms with Crippen molar-refractivity contribution in [1.82, 2.24) is 9.88 Å². The average Bonchev–Trinajstić information content (AvgIpc) is 3.36. The summed E-state index contributed by atoms with van der Waals surface area (Å²) in [6.45, 7) is 3.50. The summed E-state index contributed by atoms with van der Waals surface area (Å²) in [5.41, 5.74) is 1.90. The van der Waals surface area contributed by atoms with Gasteiger partial charge in [0.05, 0.1) is 49.5 Å². The molecule has 0 saturated carbocycles. The van der Waals surface area contributed by atoms with Crippen LogP contribution in [-0.2, 0) is 16.0 Å². The van der Waals surface area contributed by atoms with Crippen LogP contribution < -0.4 is 30.7 Å². The van der Waals surface area contributed by atoms with Crippen molar-refractivity contribution in [3.05, 3.63) is 71.9 Å². The third-order valence-corrected chi connectivity index (χ3v) is 7.15. The lowest BCUT2D eigenvalue weighted by molar-refractivity contribution is -0.128. The van der Waals surface area contributed by atoms with Crippen LogP contribution >= 0.6 is 9.24 Å². The van der Waals surface area contributed by atoms with Gasteiger partial charge < -0.3 is 34.7 Å². The summed E-state index contributed by atoms with van der Waals surface area (Å²) in [5, 5.41) is 9.58. The van der Waals surface area contributed by atoms with E-state index in [2.05, 4.69) is 36.8 Å². The number of anilines is 4. The van der Waals surface area contributed by atoms with E-state index in [4.69, 9.17) is 13.9 Å². The molecule has 2 heterocycles. The van der Waals surface area contributed by atoms with Gasteiger partial charge in [-0.15, -0.1) is 9.24 Å². The van der Waals surface area contributed by atoms with Crippen molar-refractivity contribution in [3.63, 3.8) is 0 Å². The van der Waals surface area contributed by atoms with Gasteiger partial charge in [-0.25, -0.2) is 9.37 Å². The van der Waals surface area contributed by atoms with Crippen molar-refractivity contribution in [1.29, 1.82) is 0 Å². The zero-order chi connectivity index (χ0) is 31.4. The van der Waals surface area contributed by atoms with E-state index in [1.54, 1.807) is 45.4 Å². The summed E-state index contributed by atoms with van der Waals surface area (Å²) in [7, 11) is 9.96. The van der Waals surface area contributed by atoms with Crippen LogP contribution in [-0.4, -0.2) is 62.8 Å². The largest absolute Gasteiger partial charge is 0.496 e. The van der Waals surface area contributed by atoms with Crippen molar-refractivity contribution in [2.45, 2.75) is 6.42 Å². The molecule has 0 spiro atoms. The third-order valence-electron chi connectivity index (χ3n) is 6.58. The van der Waals surface area contributed by atoms with E-state index in [1.807, 2.05) is 0 Å². The van der Waals surface area contributed by atoms with E-state index in [1.165, 1.54) is 31.4 Å². The molecule has 43 heavy (non-hydrogen) atoms. The molecule has 0 aliphatic heterocycles. The highest BCUT2D eigenvalue weighted by Crippen LogP contribution is 2.37. The van der Waals surface area contributed by atoms with E-state index >= 15 is 4.39 Å². The summed E-state index contributed by atoms with van der Waals surface area (Å²) < 4.78 is 31.6. The Bertz CT molecular complexity index is 1720. The number of furan rings is 1. The number of amides is 2. The third kappa shape index (κ3) is 6.29. The van der Waals surface area contributed by atoms with Crippen molar-refractivity contribution in [3.8, 4) is 11.5 Å². The minimum absolute atomic E-state index is 0.0974. The molecule has 2 aromatic carbocycles. The standard InChI is InChI=1S/C30H31FN5O6P/c1-7-23(37)35-18-10-15(11-24(38)36(3)4)8-9-17(18)34-22-12-16-21(14-33-22)42-29(27(16)32-2)28(39)25-26(31)19(40-5)13-20(41-6)30(25)43/h7-10,12-14,32H,1,11,43H2,2-6H3,(H,33,34)(H,35,37). The number of methoxy groups -OCH3 is 2. The number of likely N-dealkylation sites (N-methyl/N-ethyl adjacent to an activating group) is 1. The fraction of sp³-hybridized carbons (Fsp3) is 0.200. The molecule has 4 rings (SSSR count). The number of ether oxygens (including phenoxy) is 2. The molecule has 3 N–H and O–H groups in total. The Morgan fingerprint density at radius 2 is 1.84 bits per heavy atom. The molecule has 4 aromatic rings. The Labute approximate surface area is 249 Å². The van der Waals surface area contributed by atoms with Crippen LogP contribution in [0.15, 0.2) is 53.6 Å². The lowest BCUT2D eigenvalue weighted by Gasteiger charge is -2.15. The van der Waals surface area contributed by atoms with Gasteiger partial charge >= 0.3 is 0 Å². The molecular weight excluding hydrogens is 576 g/mol. The smallest absolute Gasteiger partial charge is 0.247 e. The number of benzene rings is 2. The number of carbonyl (C=O) groups is 3. The normalized spacial score (nSPS) is 10.7. The maximum atomic E-state index is 15.3. The maximum Gasteiger partial charge on any atom is 0.247 e. The predicted octanol–water partition coefficient (Wildman–Crippen LogP) is 4.26. The first-order valence-electron chi connectivity index (χ1n) is 12.9. The summed E-state index contributed by atoms with van der Waals surface area (Å²) in [4.78, 5) is 43.9. The lowest BCUT2D eigenvalue weighted by atomic mass is 10.0. The maximum absolute atomic E-state index is 15.3. The highest BCUT2D eigenvalue weighted by atomic mass is 31.0. The number of nitrogens with one attached hydrogen (secondary N) is 3. The second-order valence-corrected chi connectivity index (χ2v) is 10.1. The predicted molar refractivity (Wildman–Crippen MR) is 167 cm³/mol. The van der Waals surface area contributed by atoms with Gasteiger partial charge in [0, 0.05) is 37.9 Å². The van der Waals surface area contributed by atoms with E-state index in [0.29, 0.717) is 33.8 Å². The number of pyridine rings is 1. The monoisotopic (exact) mass is 607 g/mol. The molecule has 224 valence electrons. The molecule has 0 bridgehead atoms. The molecule has 0 aliphatic carbocycles. The van der Waals surface area contributed by atoms with Gasteiger partial charge in [0.2, 0.25) is 17.6 Å². The number of nitrogens with zero attached hydrogens (tertiary/aromatic N) is 2. The van der Waals surface area contributed by atoms with Crippen molar-refractivity contribution < 1.29 is 32.7 Å². The molecular formula is C30H31FN5O6P. The van der Waals surface area contributed by atoms with Crippen molar-refractivity contribution >= 4 is 66.0 Å². The van der Waals surface area contributed by atoms with Crippen LogP contribution in [0.4, 0.5) is 27.3 Å². The summed E-state index contributed by atoms with van der Waals surface area (Å²) >= 11 is 0. The summed E-state index contributed by atoms with van der Waals surface area (Å²) in [6.07, 6.45) is 2.70. The Balaban J connectivity index is 1.75. The number of fused-ring (bicyclic) bond motifs is 1. The first kappa shape index (κ1) is 31.0. The van der Waals surface area contributed by atoms with Crippen LogP contribution in [0.2, 0.25) is 0 Å². The van der Waals surface area contributed by atoms with Crippen molar-refractivity contribution in [2.24, 2.45) is 0 Å². The van der Waals surface area contributed by atoms with Gasteiger partial charge in [0.15, 0.2) is 22.9 Å². The molecule has 0 radical (unpaired) electrons. The molecule has 0 saturated heterocycles. The van der Waals surface area contributed by atoms with Gasteiger partial charge in [-0.1, -0.05) is 12.6 Å². The van der Waals surface area contributed by atoms with E-state index in [9.17, 15) is 14.4 Å². The molecule has 2 aromatic heterocycles. The summed E-state index contributed by atoms with van der Waals surface area (Å²) in [5.74, 6) is -1.80. The van der Waals surface area contributed by atoms with E-state index in [-0.39, 0.29) is 46.0 Å². The van der Waals surface area contributed by atoms with Crippen molar-refractivity contribution in [2.75, 3.05) is 51.3 Å².